The lowest BCUT2D eigenvalue weighted by Crippen LogP contribution is -2.62. The van der Waals surface area contributed by atoms with Crippen LogP contribution >= 0.6 is 23.2 Å². The highest BCUT2D eigenvalue weighted by Gasteiger charge is 2.46. The van der Waals surface area contributed by atoms with Crippen LogP contribution in [-0.2, 0) is 21.6 Å². The summed E-state index contributed by atoms with van der Waals surface area (Å²) < 4.78 is 11.9. The van der Waals surface area contributed by atoms with Gasteiger partial charge in [-0.25, -0.2) is 9.97 Å². The Labute approximate surface area is 419 Å². The molecule has 6 aliphatic rings. The van der Waals surface area contributed by atoms with Crippen molar-refractivity contribution in [3.8, 4) is 17.6 Å². The van der Waals surface area contributed by atoms with Crippen molar-refractivity contribution in [1.29, 1.82) is 5.26 Å². The van der Waals surface area contributed by atoms with Crippen LogP contribution in [0.5, 0.6) is 11.5 Å². The number of aromatic nitrogens is 2. The summed E-state index contributed by atoms with van der Waals surface area (Å²) in [7, 11) is 0. The van der Waals surface area contributed by atoms with Crippen LogP contribution in [0.25, 0.3) is 0 Å². The fourth-order valence-electron chi connectivity index (χ4n) is 11.4. The average molecular weight is 989 g/mol. The molecule has 6 aliphatic heterocycles. The van der Waals surface area contributed by atoms with E-state index in [1.165, 1.54) is 25.7 Å². The number of fused-ring (bicyclic) bond motifs is 1. The van der Waals surface area contributed by atoms with Crippen LogP contribution in [0.15, 0.2) is 66.9 Å². The van der Waals surface area contributed by atoms with Gasteiger partial charge < -0.3 is 24.2 Å². The van der Waals surface area contributed by atoms with Gasteiger partial charge in [0.05, 0.1) is 33.3 Å². The van der Waals surface area contributed by atoms with Crippen molar-refractivity contribution in [3.05, 3.63) is 105 Å². The zero-order valence-electron chi connectivity index (χ0n) is 39.8. The summed E-state index contributed by atoms with van der Waals surface area (Å²) in [6.45, 7) is 12.9. The Hall–Kier alpha value is -5.79. The van der Waals surface area contributed by atoms with Crippen molar-refractivity contribution in [2.75, 3.05) is 74.6 Å². The number of ether oxygens (including phenoxy) is 2. The number of benzene rings is 3. The fraction of sp³-hybridized carbons (Fsp3) is 0.491. The highest BCUT2D eigenvalue weighted by atomic mass is 35.5. The van der Waals surface area contributed by atoms with Gasteiger partial charge in [-0.05, 0) is 123 Å². The van der Waals surface area contributed by atoms with Gasteiger partial charge >= 0.3 is 0 Å². The molecule has 0 saturated carbocycles. The van der Waals surface area contributed by atoms with Gasteiger partial charge in [0.1, 0.15) is 31.1 Å². The number of hydrogen-bond acceptors (Lipinski definition) is 13. The molecule has 1 unspecified atom stereocenters. The molecule has 4 aromatic rings. The molecule has 0 bridgehead atoms. The number of alkyl halides is 1. The summed E-state index contributed by atoms with van der Waals surface area (Å²) in [5.41, 5.74) is 4.64. The molecule has 15 nitrogen and oxygen atoms in total. The minimum absolute atomic E-state index is 0.100. The zero-order chi connectivity index (χ0) is 48.7. The van der Waals surface area contributed by atoms with Crippen LogP contribution in [0.2, 0.25) is 5.02 Å². The lowest BCUT2D eigenvalue weighted by Gasteiger charge is -2.51. The Bertz CT molecular complexity index is 2700. The molecular formula is C53H59Cl2N9O6. The number of nitrogens with zero attached hydrogens (tertiary/aromatic N) is 8. The number of amides is 4. The summed E-state index contributed by atoms with van der Waals surface area (Å²) in [6.07, 6.45) is 9.17. The summed E-state index contributed by atoms with van der Waals surface area (Å²) in [5.74, 6) is 0.231. The van der Waals surface area contributed by atoms with Gasteiger partial charge in [0.25, 0.3) is 11.8 Å². The Morgan fingerprint density at radius 1 is 0.800 bits per heavy atom. The van der Waals surface area contributed by atoms with Crippen molar-refractivity contribution in [3.63, 3.8) is 0 Å². The first-order valence-electron chi connectivity index (χ1n) is 24.6. The number of anilines is 2. The SMILES string of the molecule is CC(C)(c1ccc(OCc2ccnc(N3CCC4(CC3)CCN(C3CCN(C5CN(c6ccc7c(c6)C(=O)N(C6CCC(=O)NC6=O)C7=O)C5)CC3)CC4)n2)cc1)c1cc(Cl)c(OCCCl)c(C#N)c1. The first-order chi connectivity index (χ1) is 33.8. The van der Waals surface area contributed by atoms with Gasteiger partial charge in [0.15, 0.2) is 5.75 Å². The van der Waals surface area contributed by atoms with E-state index in [4.69, 9.17) is 37.7 Å². The van der Waals surface area contributed by atoms with Crippen molar-refractivity contribution in [2.45, 2.75) is 95.4 Å². The van der Waals surface area contributed by atoms with E-state index in [1.54, 1.807) is 12.1 Å². The van der Waals surface area contributed by atoms with E-state index in [2.05, 4.69) is 49.8 Å². The molecule has 10 rings (SSSR count). The van der Waals surface area contributed by atoms with Gasteiger partial charge in [-0.3, -0.25) is 34.3 Å². The van der Waals surface area contributed by atoms with E-state index < -0.39 is 29.2 Å². The molecule has 366 valence electrons. The number of hydrogen-bond donors (Lipinski definition) is 1. The molecule has 1 N–H and O–H groups in total. The molecule has 1 atom stereocenters. The van der Waals surface area contributed by atoms with Crippen molar-refractivity contribution < 1.29 is 28.7 Å². The number of carbonyl (C=O) groups is 4. The van der Waals surface area contributed by atoms with Gasteiger partial charge in [0.2, 0.25) is 17.8 Å². The average Bonchev–Trinajstić information content (AvgIpc) is 3.60. The molecule has 5 fully saturated rings. The lowest BCUT2D eigenvalue weighted by molar-refractivity contribution is -0.136. The third kappa shape index (κ3) is 9.43. The Balaban J connectivity index is 0.652. The molecule has 0 radical (unpaired) electrons. The third-order valence-electron chi connectivity index (χ3n) is 16.0. The van der Waals surface area contributed by atoms with E-state index in [-0.39, 0.29) is 25.4 Å². The maximum Gasteiger partial charge on any atom is 0.262 e. The van der Waals surface area contributed by atoms with E-state index in [1.807, 2.05) is 54.7 Å². The van der Waals surface area contributed by atoms with Crippen LogP contribution in [0, 0.1) is 16.7 Å². The summed E-state index contributed by atoms with van der Waals surface area (Å²) >= 11 is 12.4. The van der Waals surface area contributed by atoms with Gasteiger partial charge in [-0.15, -0.1) is 11.6 Å². The maximum atomic E-state index is 13.4. The second-order valence-corrected chi connectivity index (χ2v) is 21.1. The molecule has 5 saturated heterocycles. The summed E-state index contributed by atoms with van der Waals surface area (Å²) in [5, 5.41) is 12.4. The number of halogens is 2. The highest BCUT2D eigenvalue weighted by molar-refractivity contribution is 6.32. The van der Waals surface area contributed by atoms with Crippen LogP contribution in [0.1, 0.15) is 108 Å². The first-order valence-corrected chi connectivity index (χ1v) is 25.6. The number of rotatable bonds is 13. The summed E-state index contributed by atoms with van der Waals surface area (Å²) in [4.78, 5) is 71.3. The maximum absolute atomic E-state index is 13.4. The monoisotopic (exact) mass is 987 g/mol. The molecule has 7 heterocycles. The minimum atomic E-state index is -0.963. The van der Waals surface area contributed by atoms with Crippen LogP contribution in [0.3, 0.4) is 0 Å². The third-order valence-corrected chi connectivity index (χ3v) is 16.5. The van der Waals surface area contributed by atoms with E-state index >= 15 is 0 Å². The minimum Gasteiger partial charge on any atom is -0.489 e. The zero-order valence-corrected chi connectivity index (χ0v) is 41.3. The Morgan fingerprint density at radius 3 is 2.20 bits per heavy atom. The molecule has 1 aromatic heterocycles. The van der Waals surface area contributed by atoms with E-state index in [0.717, 1.165) is 104 Å². The predicted molar refractivity (Wildman–Crippen MR) is 266 cm³/mol. The fourth-order valence-corrected chi connectivity index (χ4v) is 11.8. The molecule has 3 aromatic carbocycles. The summed E-state index contributed by atoms with van der Waals surface area (Å²) in [6, 6.07) is 21.3. The Morgan fingerprint density at radius 2 is 1.50 bits per heavy atom. The predicted octanol–water partition coefficient (Wildman–Crippen LogP) is 6.96. The molecule has 70 heavy (non-hydrogen) atoms. The molecule has 17 heteroatoms. The smallest absolute Gasteiger partial charge is 0.262 e. The molecule has 4 amide bonds. The number of likely N-dealkylation sites (tertiary alicyclic amines) is 2. The molecule has 1 spiro atoms. The lowest BCUT2D eigenvalue weighted by atomic mass is 9.71. The largest absolute Gasteiger partial charge is 0.489 e. The van der Waals surface area contributed by atoms with Crippen molar-refractivity contribution in [2.24, 2.45) is 5.41 Å². The van der Waals surface area contributed by atoms with Crippen LogP contribution in [-0.4, -0.2) is 131 Å². The topological polar surface area (TPSA) is 165 Å². The van der Waals surface area contributed by atoms with Crippen molar-refractivity contribution >= 4 is 58.5 Å². The number of carbonyl (C=O) groups excluding carboxylic acids is 4. The van der Waals surface area contributed by atoms with Gasteiger partial charge in [0, 0.05) is 75.1 Å². The van der Waals surface area contributed by atoms with Crippen LogP contribution in [0.4, 0.5) is 11.6 Å². The second-order valence-electron chi connectivity index (χ2n) is 20.3. The number of nitrogens with one attached hydrogen (secondary N) is 1. The second kappa shape index (κ2) is 19.8. The number of imide groups is 2. The molecular weight excluding hydrogens is 930 g/mol. The molecule has 0 aliphatic carbocycles. The van der Waals surface area contributed by atoms with E-state index in [0.29, 0.717) is 57.4 Å². The first kappa shape index (κ1) is 47.9. The number of piperidine rings is 4. The highest BCUT2D eigenvalue weighted by Crippen LogP contribution is 2.44. The standard InChI is InChI=1S/C53H59Cl2N9O6/c1-52(2,36-27-34(30-56)47(44(55)28-36)69-26-18-54)35-3-6-41(7-4-35)70-33-37-11-19-57-51(58-37)62-24-16-53(17-25-62)14-22-61(23-15-53)38-12-20-60(21-13-38)40-31-63(32-40)39-5-8-42-43(29-39)50(68)64(49(42)67)45-9-10-46(65)59-48(45)66/h3-8,11,19,27-29,38,40,45H,9-10,12-18,20-26,31-33H2,1-2H3,(H,59,65,66). The van der Waals surface area contributed by atoms with Gasteiger partial charge in [-0.1, -0.05) is 37.6 Å². The normalized spacial score (nSPS) is 21.4. The van der Waals surface area contributed by atoms with E-state index in [9.17, 15) is 24.4 Å². The number of nitriles is 1. The Kier molecular flexibility index (Phi) is 13.5. The van der Waals surface area contributed by atoms with Crippen LogP contribution < -0.4 is 24.6 Å². The van der Waals surface area contributed by atoms with Crippen molar-refractivity contribution in [1.82, 2.24) is 30.0 Å². The quantitative estimate of drug-likeness (QED) is 0.108. The van der Waals surface area contributed by atoms with Gasteiger partial charge in [-0.2, -0.15) is 5.26 Å².